The Morgan fingerprint density at radius 2 is 2.17 bits per heavy atom. The lowest BCUT2D eigenvalue weighted by atomic mass is 10.1. The molecule has 0 aliphatic carbocycles. The van der Waals surface area contributed by atoms with Gasteiger partial charge in [0.05, 0.1) is 34.9 Å². The number of rotatable bonds is 4. The fourth-order valence-corrected chi connectivity index (χ4v) is 3.72. The number of ether oxygens (including phenoxy) is 1. The summed E-state index contributed by atoms with van der Waals surface area (Å²) in [6.07, 6.45) is 3.47. The van der Waals surface area contributed by atoms with Crippen LogP contribution in [0.5, 0.6) is 5.75 Å². The van der Waals surface area contributed by atoms with E-state index in [1.807, 2.05) is 35.2 Å². The highest BCUT2D eigenvalue weighted by atomic mass is 19.1. The molecule has 0 saturated carbocycles. The third-order valence-electron chi connectivity index (χ3n) is 5.20. The number of imidazole rings is 1. The number of halogens is 1. The van der Waals surface area contributed by atoms with Gasteiger partial charge >= 0.3 is 0 Å². The number of hydrogen-bond acceptors (Lipinski definition) is 5. The van der Waals surface area contributed by atoms with Gasteiger partial charge in [-0.15, -0.1) is 0 Å². The molecule has 0 radical (unpaired) electrons. The minimum atomic E-state index is -0.324. The van der Waals surface area contributed by atoms with E-state index < -0.39 is 0 Å². The van der Waals surface area contributed by atoms with Crippen LogP contribution in [0, 0.1) is 5.82 Å². The monoisotopic (exact) mass is 402 g/mol. The summed E-state index contributed by atoms with van der Waals surface area (Å²) in [5, 5.41) is 9.94. The van der Waals surface area contributed by atoms with Crippen molar-refractivity contribution >= 4 is 28.6 Å². The van der Waals surface area contributed by atoms with Gasteiger partial charge in [-0.05, 0) is 48.0 Å². The number of pyridine rings is 1. The first-order valence-electron chi connectivity index (χ1n) is 9.58. The van der Waals surface area contributed by atoms with Crippen LogP contribution in [-0.4, -0.2) is 39.3 Å². The van der Waals surface area contributed by atoms with Crippen molar-refractivity contribution in [3.8, 4) is 17.1 Å². The van der Waals surface area contributed by atoms with Crippen LogP contribution in [0.25, 0.3) is 28.5 Å². The van der Waals surface area contributed by atoms with E-state index in [9.17, 15) is 9.50 Å². The Labute approximate surface area is 172 Å². The van der Waals surface area contributed by atoms with E-state index in [0.717, 1.165) is 16.8 Å². The van der Waals surface area contributed by atoms with Gasteiger partial charge in [0.25, 0.3) is 0 Å². The number of fused-ring (bicyclic) bond motifs is 2. The van der Waals surface area contributed by atoms with E-state index in [1.165, 1.54) is 12.1 Å². The molecule has 0 bridgehead atoms. The van der Waals surface area contributed by atoms with Crippen LogP contribution >= 0.6 is 0 Å². The molecule has 0 spiro atoms. The molecule has 4 aromatic rings. The molecule has 2 aromatic carbocycles. The Bertz CT molecular complexity index is 1240. The largest absolute Gasteiger partial charge is 0.488 e. The highest BCUT2D eigenvalue weighted by Crippen LogP contribution is 2.44. The molecule has 0 fully saturated rings. The number of benzene rings is 2. The Kier molecular flexibility index (Phi) is 4.44. The molecule has 2 N–H and O–H groups in total. The van der Waals surface area contributed by atoms with Crippen LogP contribution in [0.3, 0.4) is 0 Å². The van der Waals surface area contributed by atoms with Crippen molar-refractivity contribution in [1.82, 2.24) is 15.0 Å². The molecule has 2 aromatic heterocycles. The summed E-state index contributed by atoms with van der Waals surface area (Å²) < 4.78 is 19.6. The molecule has 6 nitrogen and oxygen atoms in total. The predicted molar refractivity (Wildman–Crippen MR) is 114 cm³/mol. The van der Waals surface area contributed by atoms with Crippen LogP contribution in [0.15, 0.2) is 61.3 Å². The summed E-state index contributed by atoms with van der Waals surface area (Å²) in [6, 6.07) is 13.7. The van der Waals surface area contributed by atoms with Crippen LogP contribution in [0.2, 0.25) is 0 Å². The standard InChI is InChI=1S/C23H19FN4O2/c1-2-14-6-9-21(25-11-14)28-16(12-29)13-30-22-17(4-3-5-20(22)28)23-26-18-8-7-15(24)10-19(18)27-23/h2-11,16,29H,1,12-13H2,(H,26,27). The topological polar surface area (TPSA) is 74.3 Å². The first-order chi connectivity index (χ1) is 14.7. The van der Waals surface area contributed by atoms with Gasteiger partial charge in [0.2, 0.25) is 0 Å². The molecule has 7 heteroatoms. The Morgan fingerprint density at radius 1 is 1.27 bits per heavy atom. The zero-order valence-corrected chi connectivity index (χ0v) is 16.0. The maximum Gasteiger partial charge on any atom is 0.154 e. The normalized spacial score (nSPS) is 15.7. The number of H-pyrrole nitrogens is 1. The second-order valence-corrected chi connectivity index (χ2v) is 7.07. The van der Waals surface area contributed by atoms with Crippen LogP contribution in [0.1, 0.15) is 5.56 Å². The summed E-state index contributed by atoms with van der Waals surface area (Å²) in [5.41, 5.74) is 3.74. The first kappa shape index (κ1) is 18.3. The van der Waals surface area contributed by atoms with Crippen molar-refractivity contribution in [3.63, 3.8) is 0 Å². The molecule has 5 rings (SSSR count). The summed E-state index contributed by atoms with van der Waals surface area (Å²) in [7, 11) is 0. The van der Waals surface area contributed by atoms with Crippen LogP contribution in [0.4, 0.5) is 15.9 Å². The van der Waals surface area contributed by atoms with Gasteiger partial charge in [0.1, 0.15) is 24.1 Å². The van der Waals surface area contributed by atoms with Gasteiger partial charge in [-0.1, -0.05) is 18.7 Å². The Balaban J connectivity index is 1.64. The van der Waals surface area contributed by atoms with Gasteiger partial charge in [-0.3, -0.25) is 0 Å². The number of aliphatic hydroxyl groups excluding tert-OH is 1. The van der Waals surface area contributed by atoms with Gasteiger partial charge in [0.15, 0.2) is 5.75 Å². The lowest BCUT2D eigenvalue weighted by Crippen LogP contribution is -2.43. The number of anilines is 2. The average Bonchev–Trinajstić information content (AvgIpc) is 3.21. The Morgan fingerprint density at radius 3 is 2.93 bits per heavy atom. The molecule has 1 atom stereocenters. The number of nitrogens with one attached hydrogen (secondary N) is 1. The predicted octanol–water partition coefficient (Wildman–Crippen LogP) is 4.30. The zero-order valence-electron chi connectivity index (χ0n) is 16.0. The fourth-order valence-electron chi connectivity index (χ4n) is 3.72. The number of nitrogens with zero attached hydrogens (tertiary/aromatic N) is 3. The average molecular weight is 402 g/mol. The van der Waals surface area contributed by atoms with Gasteiger partial charge in [-0.25, -0.2) is 14.4 Å². The number of hydrogen-bond donors (Lipinski definition) is 2. The highest BCUT2D eigenvalue weighted by molar-refractivity contribution is 5.85. The maximum absolute atomic E-state index is 13.6. The zero-order chi connectivity index (χ0) is 20.7. The smallest absolute Gasteiger partial charge is 0.154 e. The van der Waals surface area contributed by atoms with Gasteiger partial charge in [0, 0.05) is 6.20 Å². The number of para-hydroxylation sites is 1. The summed E-state index contributed by atoms with van der Waals surface area (Å²) >= 11 is 0. The molecule has 0 saturated heterocycles. The highest BCUT2D eigenvalue weighted by Gasteiger charge is 2.31. The molecular weight excluding hydrogens is 383 g/mol. The second kappa shape index (κ2) is 7.27. The molecule has 1 unspecified atom stereocenters. The summed E-state index contributed by atoms with van der Waals surface area (Å²) in [5.74, 6) is 1.60. The van der Waals surface area contributed by atoms with Crippen molar-refractivity contribution in [1.29, 1.82) is 0 Å². The van der Waals surface area contributed by atoms with Crippen molar-refractivity contribution in [2.75, 3.05) is 18.1 Å². The molecular formula is C23H19FN4O2. The van der Waals surface area contributed by atoms with Crippen LogP contribution in [-0.2, 0) is 0 Å². The number of aromatic nitrogens is 3. The lowest BCUT2D eigenvalue weighted by Gasteiger charge is -2.37. The third kappa shape index (κ3) is 3.00. The molecule has 1 aliphatic heterocycles. The van der Waals surface area contributed by atoms with E-state index >= 15 is 0 Å². The van der Waals surface area contributed by atoms with E-state index in [-0.39, 0.29) is 18.5 Å². The minimum absolute atomic E-state index is 0.0848. The SMILES string of the molecule is C=Cc1ccc(N2c3cccc(-c4nc5ccc(F)cc5[nH]4)c3OCC2CO)nc1. The van der Waals surface area contributed by atoms with Crippen molar-refractivity contribution in [2.24, 2.45) is 0 Å². The molecule has 3 heterocycles. The summed E-state index contributed by atoms with van der Waals surface area (Å²) in [6.45, 7) is 3.97. The minimum Gasteiger partial charge on any atom is -0.488 e. The molecule has 30 heavy (non-hydrogen) atoms. The number of aromatic amines is 1. The fraction of sp³-hybridized carbons (Fsp3) is 0.130. The lowest BCUT2D eigenvalue weighted by molar-refractivity contribution is 0.195. The maximum atomic E-state index is 13.6. The first-order valence-corrected chi connectivity index (χ1v) is 9.58. The number of aliphatic hydroxyl groups is 1. The van der Waals surface area contributed by atoms with Crippen molar-refractivity contribution < 1.29 is 14.2 Å². The Hall–Kier alpha value is -3.71. The van der Waals surface area contributed by atoms with Gasteiger partial charge < -0.3 is 19.7 Å². The van der Waals surface area contributed by atoms with E-state index in [1.54, 1.807) is 18.3 Å². The van der Waals surface area contributed by atoms with Crippen molar-refractivity contribution in [2.45, 2.75) is 6.04 Å². The third-order valence-corrected chi connectivity index (χ3v) is 5.20. The van der Waals surface area contributed by atoms with Crippen LogP contribution < -0.4 is 9.64 Å². The van der Waals surface area contributed by atoms with E-state index in [0.29, 0.717) is 35.0 Å². The molecule has 150 valence electrons. The van der Waals surface area contributed by atoms with E-state index in [4.69, 9.17) is 4.74 Å². The van der Waals surface area contributed by atoms with Gasteiger partial charge in [-0.2, -0.15) is 0 Å². The van der Waals surface area contributed by atoms with Crippen molar-refractivity contribution in [3.05, 3.63) is 72.7 Å². The molecule has 1 aliphatic rings. The molecule has 0 amide bonds. The second-order valence-electron chi connectivity index (χ2n) is 7.07. The summed E-state index contributed by atoms with van der Waals surface area (Å²) in [4.78, 5) is 14.3. The quantitative estimate of drug-likeness (QED) is 0.532. The van der Waals surface area contributed by atoms with E-state index in [2.05, 4.69) is 21.5 Å².